The van der Waals surface area contributed by atoms with Gasteiger partial charge in [0, 0.05) is 25.3 Å². The zero-order valence-electron chi connectivity index (χ0n) is 37.6. The fourth-order valence-electron chi connectivity index (χ4n) is 6.50. The summed E-state index contributed by atoms with van der Waals surface area (Å²) in [6.07, 6.45) is 18.6. The van der Waals surface area contributed by atoms with Crippen molar-refractivity contribution >= 4 is 36.0 Å². The van der Waals surface area contributed by atoms with E-state index >= 15 is 0 Å². The first-order chi connectivity index (χ1) is 27.4. The summed E-state index contributed by atoms with van der Waals surface area (Å²) in [6, 6.07) is -1.65. The van der Waals surface area contributed by atoms with E-state index in [2.05, 4.69) is 27.9 Å². The highest BCUT2D eigenvalue weighted by molar-refractivity contribution is 5.99. The second-order valence-corrected chi connectivity index (χ2v) is 17.2. The molecule has 0 unspecified atom stereocenters. The van der Waals surface area contributed by atoms with Gasteiger partial charge in [0.05, 0.1) is 24.3 Å². The lowest BCUT2D eigenvalue weighted by atomic mass is 9.87. The van der Waals surface area contributed by atoms with Gasteiger partial charge in [0.1, 0.15) is 11.2 Å². The first-order valence-corrected chi connectivity index (χ1v) is 21.9. The Morgan fingerprint density at radius 2 is 1.24 bits per heavy atom. The number of unbranched alkanes of at least 4 members (excludes halogenated alkanes) is 14. The summed E-state index contributed by atoms with van der Waals surface area (Å²) in [5.74, 6) is -1.90. The predicted octanol–water partition coefficient (Wildman–Crippen LogP) is 9.47. The van der Waals surface area contributed by atoms with E-state index in [1.165, 1.54) is 77.6 Å². The molecule has 1 rings (SSSR count). The van der Waals surface area contributed by atoms with E-state index < -0.39 is 60.3 Å². The molecular weight excluding hydrogens is 745 g/mol. The molecule has 14 nitrogen and oxygen atoms in total. The molecule has 3 atom stereocenters. The molecule has 14 heteroatoms. The minimum atomic E-state index is -0.996. The van der Waals surface area contributed by atoms with Crippen molar-refractivity contribution in [3.8, 4) is 0 Å². The highest BCUT2D eigenvalue weighted by Crippen LogP contribution is 2.26. The number of hydrogen-bond acceptors (Lipinski definition) is 10. The summed E-state index contributed by atoms with van der Waals surface area (Å²) in [5, 5.41) is 8.36. The number of rotatable bonds is 25. The lowest BCUT2D eigenvalue weighted by Gasteiger charge is -2.39. The Bertz CT molecular complexity index is 1300. The quantitative estimate of drug-likeness (QED) is 0.0199. The van der Waals surface area contributed by atoms with E-state index in [0.717, 1.165) is 19.3 Å². The van der Waals surface area contributed by atoms with Crippen LogP contribution in [0, 0.1) is 0 Å². The zero-order valence-corrected chi connectivity index (χ0v) is 37.6. The van der Waals surface area contributed by atoms with Crippen LogP contribution >= 0.6 is 0 Å². The Labute approximate surface area is 349 Å². The summed E-state index contributed by atoms with van der Waals surface area (Å²) in [6.45, 7) is 17.0. The molecule has 0 saturated carbocycles. The van der Waals surface area contributed by atoms with E-state index in [1.807, 2.05) is 13.8 Å². The molecule has 1 aliphatic rings. The summed E-state index contributed by atoms with van der Waals surface area (Å²) in [5.41, 5.74) is -1.58. The van der Waals surface area contributed by atoms with Gasteiger partial charge >= 0.3 is 24.1 Å². The Balaban J connectivity index is 2.88. The number of aliphatic imine (C=N–C) groups is 1. The first kappa shape index (κ1) is 52.3. The fraction of sp³-hybridized carbons (Fsp3) is 0.818. The highest BCUT2D eigenvalue weighted by atomic mass is 16.7. The largest absolute Gasteiger partial charge is 0.444 e. The van der Waals surface area contributed by atoms with Crippen molar-refractivity contribution in [1.82, 2.24) is 16.0 Å². The topological polar surface area (TPSA) is 180 Å². The average molecular weight is 823 g/mol. The van der Waals surface area contributed by atoms with Gasteiger partial charge in [-0.05, 0) is 66.9 Å². The molecule has 334 valence electrons. The smallest absolute Gasteiger partial charge is 0.437 e. The number of carbonyl (C=O) groups excluding carboxylic acids is 5. The Morgan fingerprint density at radius 3 is 1.72 bits per heavy atom. The lowest BCUT2D eigenvalue weighted by Crippen LogP contribution is -2.61. The van der Waals surface area contributed by atoms with Crippen molar-refractivity contribution in [3.05, 3.63) is 11.6 Å². The first-order valence-electron chi connectivity index (χ1n) is 21.9. The van der Waals surface area contributed by atoms with Crippen LogP contribution in [-0.4, -0.2) is 78.3 Å². The van der Waals surface area contributed by atoms with E-state index in [4.69, 9.17) is 23.7 Å². The summed E-state index contributed by atoms with van der Waals surface area (Å²) >= 11 is 0. The number of alkyl carbamates (subject to hydrolysis) is 1. The van der Waals surface area contributed by atoms with E-state index in [-0.39, 0.29) is 36.4 Å². The molecule has 0 spiro atoms. The third kappa shape index (κ3) is 25.6. The van der Waals surface area contributed by atoms with Crippen LogP contribution in [0.4, 0.5) is 9.59 Å². The molecule has 3 amide bonds. The van der Waals surface area contributed by atoms with Crippen LogP contribution < -0.4 is 16.0 Å². The lowest BCUT2D eigenvalue weighted by molar-refractivity contribution is -0.165. The van der Waals surface area contributed by atoms with Gasteiger partial charge < -0.3 is 34.3 Å². The van der Waals surface area contributed by atoms with E-state index in [9.17, 15) is 24.0 Å². The van der Waals surface area contributed by atoms with Crippen LogP contribution in [0.25, 0.3) is 0 Å². The van der Waals surface area contributed by atoms with Gasteiger partial charge in [-0.1, -0.05) is 111 Å². The van der Waals surface area contributed by atoms with Crippen LogP contribution in [0.3, 0.4) is 0 Å². The monoisotopic (exact) mass is 823 g/mol. The molecule has 0 aliphatic heterocycles. The van der Waals surface area contributed by atoms with E-state index in [0.29, 0.717) is 19.3 Å². The molecule has 1 aliphatic carbocycles. The highest BCUT2D eigenvalue weighted by Gasteiger charge is 2.39. The maximum atomic E-state index is 13.4. The Kier molecular flexibility index (Phi) is 25.9. The zero-order chi connectivity index (χ0) is 43.6. The van der Waals surface area contributed by atoms with Gasteiger partial charge in [0.2, 0.25) is 18.7 Å². The van der Waals surface area contributed by atoms with Crippen molar-refractivity contribution in [3.63, 3.8) is 0 Å². The number of esters is 2. The third-order valence-corrected chi connectivity index (χ3v) is 9.42. The Hall–Kier alpha value is -3.68. The number of ether oxygens (including phenoxy) is 5. The minimum Gasteiger partial charge on any atom is -0.444 e. The van der Waals surface area contributed by atoms with Crippen molar-refractivity contribution in [2.24, 2.45) is 4.99 Å². The number of amides is 3. The van der Waals surface area contributed by atoms with Gasteiger partial charge in [-0.3, -0.25) is 14.9 Å². The molecule has 0 bridgehead atoms. The number of carbonyl (C=O) groups is 5. The summed E-state index contributed by atoms with van der Waals surface area (Å²) < 4.78 is 27.7. The number of nitrogens with one attached hydrogen (secondary N) is 3. The summed E-state index contributed by atoms with van der Waals surface area (Å²) in [4.78, 5) is 68.0. The van der Waals surface area contributed by atoms with Gasteiger partial charge in [-0.25, -0.2) is 14.4 Å². The molecule has 58 heavy (non-hydrogen) atoms. The van der Waals surface area contributed by atoms with Crippen LogP contribution in [0.5, 0.6) is 0 Å². The summed E-state index contributed by atoms with van der Waals surface area (Å²) in [7, 11) is 0. The van der Waals surface area contributed by atoms with Gasteiger partial charge in [0.15, 0.2) is 0 Å². The molecule has 0 aromatic heterocycles. The van der Waals surface area contributed by atoms with Crippen molar-refractivity contribution in [2.75, 3.05) is 6.79 Å². The second kappa shape index (κ2) is 28.7. The van der Waals surface area contributed by atoms with Crippen molar-refractivity contribution < 1.29 is 47.7 Å². The normalized spacial score (nSPS) is 17.3. The van der Waals surface area contributed by atoms with Crippen molar-refractivity contribution in [1.29, 1.82) is 0 Å². The average Bonchev–Trinajstić information content (AvgIpc) is 3.11. The third-order valence-electron chi connectivity index (χ3n) is 9.42. The predicted molar refractivity (Wildman–Crippen MR) is 226 cm³/mol. The molecule has 0 aromatic rings. The maximum absolute atomic E-state index is 13.4. The van der Waals surface area contributed by atoms with Crippen LogP contribution in [-0.2, 0) is 38.1 Å². The SMILES string of the molecule is CCCCCCCCCCCCCCCCCC(=O)OCOC(=O)C1=C[C@@H](OC(CC)CC)[C@H](NC(C)=O)[C@@H](N/C(=N\C(=O)OC(C)(C)C)NC(=O)OC(C)(C)C)C1. The van der Waals surface area contributed by atoms with Gasteiger partial charge in [-0.2, -0.15) is 0 Å². The minimum absolute atomic E-state index is 0.0526. The second-order valence-electron chi connectivity index (χ2n) is 17.2. The Morgan fingerprint density at radius 1 is 0.724 bits per heavy atom. The molecule has 0 fully saturated rings. The number of hydrogen-bond donors (Lipinski definition) is 3. The number of nitrogens with zero attached hydrogens (tertiary/aromatic N) is 1. The van der Waals surface area contributed by atoms with Gasteiger partial charge in [0.25, 0.3) is 0 Å². The van der Waals surface area contributed by atoms with Crippen molar-refractivity contribution in [2.45, 2.75) is 227 Å². The van der Waals surface area contributed by atoms with E-state index in [1.54, 1.807) is 47.6 Å². The van der Waals surface area contributed by atoms with Crippen LogP contribution in [0.15, 0.2) is 16.6 Å². The number of guanidine groups is 1. The maximum Gasteiger partial charge on any atom is 0.437 e. The molecule has 0 saturated heterocycles. The molecule has 3 N–H and O–H groups in total. The van der Waals surface area contributed by atoms with Crippen LogP contribution in [0.1, 0.15) is 191 Å². The van der Waals surface area contributed by atoms with Crippen LogP contribution in [0.2, 0.25) is 0 Å². The standard InChI is InChI=1S/C44H78N4O10/c1-11-14-15-16-17-18-19-20-21-22-23-24-25-26-27-28-37(50)54-31-55-39(51)33-29-35(38(45-32(4)49)36(30-33)56-34(12-2)13-3)46-40(47-41(52)57-43(5,6)7)48-42(53)58-44(8,9)10/h30,34-36,38H,11-29,31H2,1-10H3,(H,45,49)(H2,46,47,48,52,53)/t35-,36+,38+/m0/s1. The molecule has 0 heterocycles. The van der Waals surface area contributed by atoms with Gasteiger partial charge in [-0.15, -0.1) is 4.99 Å². The molecule has 0 aromatic carbocycles. The molecular formula is C44H78N4O10. The fourth-order valence-corrected chi connectivity index (χ4v) is 6.50. The molecule has 0 radical (unpaired) electrons.